The summed E-state index contributed by atoms with van der Waals surface area (Å²) < 4.78 is 24.3. The zero-order valence-corrected chi connectivity index (χ0v) is 11.9. The summed E-state index contributed by atoms with van der Waals surface area (Å²) in [5, 5.41) is 3.39. The van der Waals surface area contributed by atoms with E-state index in [9.17, 15) is 4.39 Å². The molecule has 3 nitrogen and oxygen atoms in total. The Bertz CT molecular complexity index is 630. The first-order chi connectivity index (χ1) is 10.2. The molecular weight excluding hydrogens is 269 g/mol. The molecule has 1 aliphatic heterocycles. The first kappa shape index (κ1) is 13.9. The van der Waals surface area contributed by atoms with Crippen molar-refractivity contribution in [2.75, 3.05) is 13.2 Å². The predicted octanol–water partition coefficient (Wildman–Crippen LogP) is 3.45. The maximum Gasteiger partial charge on any atom is 0.161 e. The molecule has 21 heavy (non-hydrogen) atoms. The van der Waals surface area contributed by atoms with Gasteiger partial charge >= 0.3 is 0 Å². The minimum Gasteiger partial charge on any atom is -0.486 e. The van der Waals surface area contributed by atoms with Crippen LogP contribution in [0.15, 0.2) is 42.5 Å². The van der Waals surface area contributed by atoms with Gasteiger partial charge in [-0.1, -0.05) is 18.2 Å². The van der Waals surface area contributed by atoms with Gasteiger partial charge in [0, 0.05) is 12.6 Å². The second-order valence-corrected chi connectivity index (χ2v) is 5.14. The molecule has 0 saturated carbocycles. The Morgan fingerprint density at radius 2 is 1.90 bits per heavy atom. The summed E-state index contributed by atoms with van der Waals surface area (Å²) in [5.41, 5.74) is 2.05. The molecule has 1 aliphatic rings. The van der Waals surface area contributed by atoms with Crippen molar-refractivity contribution in [3.63, 3.8) is 0 Å². The van der Waals surface area contributed by atoms with Crippen LogP contribution in [0.25, 0.3) is 0 Å². The number of rotatable bonds is 4. The molecule has 1 heterocycles. The molecule has 3 rings (SSSR count). The molecule has 4 heteroatoms. The summed E-state index contributed by atoms with van der Waals surface area (Å²) in [6.45, 7) is 3.89. The molecule has 0 aromatic heterocycles. The van der Waals surface area contributed by atoms with Gasteiger partial charge in [-0.3, -0.25) is 0 Å². The van der Waals surface area contributed by atoms with Crippen molar-refractivity contribution in [1.82, 2.24) is 5.32 Å². The summed E-state index contributed by atoms with van der Waals surface area (Å²) in [6, 6.07) is 12.7. The van der Waals surface area contributed by atoms with E-state index in [2.05, 4.69) is 5.32 Å². The number of ether oxygens (including phenoxy) is 2. The van der Waals surface area contributed by atoms with Crippen LogP contribution >= 0.6 is 0 Å². The third-order valence-electron chi connectivity index (χ3n) is 3.57. The number of hydrogen-bond donors (Lipinski definition) is 1. The molecular formula is C17H18FNO2. The molecule has 0 saturated heterocycles. The topological polar surface area (TPSA) is 30.5 Å². The zero-order valence-electron chi connectivity index (χ0n) is 11.9. The molecule has 2 aromatic rings. The van der Waals surface area contributed by atoms with Gasteiger partial charge in [-0.25, -0.2) is 4.39 Å². The molecule has 0 aliphatic carbocycles. The third-order valence-corrected chi connectivity index (χ3v) is 3.57. The third kappa shape index (κ3) is 3.34. The van der Waals surface area contributed by atoms with Crippen LogP contribution in [0.4, 0.5) is 4.39 Å². The molecule has 0 amide bonds. The summed E-state index contributed by atoms with van der Waals surface area (Å²) in [5.74, 6) is 1.38. The van der Waals surface area contributed by atoms with Crippen molar-refractivity contribution in [2.45, 2.75) is 19.5 Å². The van der Waals surface area contributed by atoms with Crippen molar-refractivity contribution in [1.29, 1.82) is 0 Å². The van der Waals surface area contributed by atoms with Crippen molar-refractivity contribution in [3.05, 3.63) is 59.4 Å². The van der Waals surface area contributed by atoms with Gasteiger partial charge in [0.05, 0.1) is 0 Å². The van der Waals surface area contributed by atoms with Crippen molar-refractivity contribution in [2.24, 2.45) is 0 Å². The molecule has 1 atom stereocenters. The standard InChI is InChI=1S/C17H18FNO2/c1-12(14-3-2-4-15(18)10-14)19-11-13-5-6-16-17(9-13)21-8-7-20-16/h2-6,9-10,12,19H,7-8,11H2,1H3/t12-/m1/s1. The van der Waals surface area contributed by atoms with Crippen LogP contribution in [-0.4, -0.2) is 13.2 Å². The van der Waals surface area contributed by atoms with Crippen LogP contribution < -0.4 is 14.8 Å². The van der Waals surface area contributed by atoms with Gasteiger partial charge in [0.2, 0.25) is 0 Å². The van der Waals surface area contributed by atoms with Crippen LogP contribution in [0, 0.1) is 5.82 Å². The van der Waals surface area contributed by atoms with Crippen LogP contribution in [0.1, 0.15) is 24.1 Å². The molecule has 0 unspecified atom stereocenters. The van der Waals surface area contributed by atoms with Gasteiger partial charge in [0.25, 0.3) is 0 Å². The normalized spacial score (nSPS) is 14.8. The summed E-state index contributed by atoms with van der Waals surface area (Å²) in [7, 11) is 0. The van der Waals surface area contributed by atoms with Crippen molar-refractivity contribution in [3.8, 4) is 11.5 Å². The highest BCUT2D eigenvalue weighted by Gasteiger charge is 2.12. The molecule has 0 bridgehead atoms. The minimum atomic E-state index is -0.208. The highest BCUT2D eigenvalue weighted by atomic mass is 19.1. The van der Waals surface area contributed by atoms with E-state index in [1.165, 1.54) is 6.07 Å². The number of halogens is 1. The van der Waals surface area contributed by atoms with E-state index in [1.54, 1.807) is 12.1 Å². The first-order valence-electron chi connectivity index (χ1n) is 7.10. The van der Waals surface area contributed by atoms with Crippen LogP contribution in [0.2, 0.25) is 0 Å². The summed E-state index contributed by atoms with van der Waals surface area (Å²) in [4.78, 5) is 0. The predicted molar refractivity (Wildman–Crippen MR) is 79.1 cm³/mol. The Hall–Kier alpha value is -2.07. The van der Waals surface area contributed by atoms with Gasteiger partial charge in [-0.05, 0) is 42.3 Å². The summed E-state index contributed by atoms with van der Waals surface area (Å²) >= 11 is 0. The SMILES string of the molecule is C[C@@H](NCc1ccc2c(c1)OCCO2)c1cccc(F)c1. The second-order valence-electron chi connectivity index (χ2n) is 5.14. The number of nitrogens with one attached hydrogen (secondary N) is 1. The lowest BCUT2D eigenvalue weighted by molar-refractivity contribution is 0.171. The largest absolute Gasteiger partial charge is 0.486 e. The molecule has 1 N–H and O–H groups in total. The minimum absolute atomic E-state index is 0.0777. The molecule has 110 valence electrons. The molecule has 0 fully saturated rings. The fourth-order valence-electron chi connectivity index (χ4n) is 2.36. The Labute approximate surface area is 123 Å². The molecule has 0 spiro atoms. The van der Waals surface area contributed by atoms with Crippen LogP contribution in [0.3, 0.4) is 0 Å². The number of benzene rings is 2. The quantitative estimate of drug-likeness (QED) is 0.934. The van der Waals surface area contributed by atoms with E-state index in [0.29, 0.717) is 19.8 Å². The zero-order chi connectivity index (χ0) is 14.7. The highest BCUT2D eigenvalue weighted by molar-refractivity contribution is 5.43. The number of fused-ring (bicyclic) bond motifs is 1. The van der Waals surface area contributed by atoms with Gasteiger partial charge in [0.15, 0.2) is 11.5 Å². The average Bonchev–Trinajstić information content (AvgIpc) is 2.52. The Morgan fingerprint density at radius 1 is 1.10 bits per heavy atom. The van der Waals surface area contributed by atoms with E-state index < -0.39 is 0 Å². The van der Waals surface area contributed by atoms with E-state index >= 15 is 0 Å². The van der Waals surface area contributed by atoms with Gasteiger partial charge in [0.1, 0.15) is 19.0 Å². The summed E-state index contributed by atoms with van der Waals surface area (Å²) in [6.07, 6.45) is 0. The lowest BCUT2D eigenvalue weighted by atomic mass is 10.1. The maximum absolute atomic E-state index is 13.2. The fourth-order valence-corrected chi connectivity index (χ4v) is 2.36. The van der Waals surface area contributed by atoms with E-state index in [4.69, 9.17) is 9.47 Å². The molecule has 2 aromatic carbocycles. The van der Waals surface area contributed by atoms with Crippen LogP contribution in [-0.2, 0) is 6.54 Å². The fraction of sp³-hybridized carbons (Fsp3) is 0.294. The first-order valence-corrected chi connectivity index (χ1v) is 7.10. The van der Waals surface area contributed by atoms with Crippen LogP contribution in [0.5, 0.6) is 11.5 Å². The Balaban J connectivity index is 1.64. The van der Waals surface area contributed by atoms with Gasteiger partial charge in [-0.2, -0.15) is 0 Å². The lowest BCUT2D eigenvalue weighted by Crippen LogP contribution is -2.19. The highest BCUT2D eigenvalue weighted by Crippen LogP contribution is 2.30. The maximum atomic E-state index is 13.2. The average molecular weight is 287 g/mol. The van der Waals surface area contributed by atoms with Crippen molar-refractivity contribution < 1.29 is 13.9 Å². The second kappa shape index (κ2) is 6.14. The number of hydrogen-bond acceptors (Lipinski definition) is 3. The molecule has 0 radical (unpaired) electrons. The van der Waals surface area contributed by atoms with Gasteiger partial charge < -0.3 is 14.8 Å². The van der Waals surface area contributed by atoms with Gasteiger partial charge in [-0.15, -0.1) is 0 Å². The Kier molecular flexibility index (Phi) is 4.06. The lowest BCUT2D eigenvalue weighted by Gasteiger charge is -2.20. The van der Waals surface area contributed by atoms with Crippen molar-refractivity contribution >= 4 is 0 Å². The smallest absolute Gasteiger partial charge is 0.161 e. The monoisotopic (exact) mass is 287 g/mol. The Morgan fingerprint density at radius 3 is 2.71 bits per heavy atom. The van der Waals surface area contributed by atoms with E-state index in [1.807, 2.05) is 31.2 Å². The van der Waals surface area contributed by atoms with E-state index in [0.717, 1.165) is 22.6 Å². The van der Waals surface area contributed by atoms with E-state index in [-0.39, 0.29) is 11.9 Å².